The molecule has 188 valence electrons. The Bertz CT molecular complexity index is 1520. The molecule has 0 atom stereocenters. The molecule has 0 radical (unpaired) electrons. The van der Waals surface area contributed by atoms with Crippen LogP contribution in [0, 0.1) is 6.92 Å². The van der Waals surface area contributed by atoms with Gasteiger partial charge >= 0.3 is 0 Å². The van der Waals surface area contributed by atoms with Crippen molar-refractivity contribution in [1.82, 2.24) is 24.1 Å². The van der Waals surface area contributed by atoms with E-state index in [0.29, 0.717) is 59.2 Å². The van der Waals surface area contributed by atoms with Gasteiger partial charge in [0.2, 0.25) is 10.0 Å². The topological polar surface area (TPSA) is 93.5 Å². The second-order valence-electron chi connectivity index (χ2n) is 8.39. The molecule has 1 fully saturated rings. The smallest absolute Gasteiger partial charge is 0.243 e. The third kappa shape index (κ3) is 4.55. The van der Waals surface area contributed by atoms with Crippen LogP contribution in [-0.4, -0.2) is 65.8 Å². The van der Waals surface area contributed by atoms with Crippen molar-refractivity contribution in [3.8, 4) is 5.69 Å². The molecule has 0 aliphatic carbocycles. The molecule has 9 nitrogen and oxygen atoms in total. The second kappa shape index (κ2) is 9.95. The first-order valence-electron chi connectivity index (χ1n) is 11.3. The summed E-state index contributed by atoms with van der Waals surface area (Å²) in [4.78, 5) is 11.8. The quantitative estimate of drug-likeness (QED) is 0.359. The summed E-state index contributed by atoms with van der Waals surface area (Å²) in [5.74, 6) is 1.20. The number of ether oxygens (including phenoxy) is 1. The van der Waals surface area contributed by atoms with Crippen molar-refractivity contribution in [2.24, 2.45) is 0 Å². The number of para-hydroxylation sites is 1. The van der Waals surface area contributed by atoms with E-state index in [0.717, 1.165) is 11.1 Å². The van der Waals surface area contributed by atoms with Crippen LogP contribution in [0.1, 0.15) is 11.5 Å². The Hall–Kier alpha value is -2.76. The molecule has 0 amide bonds. The molecule has 2 aromatic carbocycles. The average molecular weight is 547 g/mol. The number of hydrogen-bond donors (Lipinski definition) is 0. The number of nitrogens with zero attached hydrogens (tertiary/aromatic N) is 6. The maximum absolute atomic E-state index is 13.1. The lowest BCUT2D eigenvalue weighted by atomic mass is 10.2. The number of sulfonamides is 1. The molecule has 2 aromatic heterocycles. The summed E-state index contributed by atoms with van der Waals surface area (Å²) in [7, 11) is -2.04. The van der Waals surface area contributed by atoms with Crippen molar-refractivity contribution in [2.75, 3.05) is 38.2 Å². The average Bonchev–Trinajstić information content (AvgIpc) is 3.20. The molecule has 12 heteroatoms. The van der Waals surface area contributed by atoms with Gasteiger partial charge in [0, 0.05) is 38.3 Å². The molecular weight excluding hydrogens is 523 g/mol. The van der Waals surface area contributed by atoms with Gasteiger partial charge in [0.05, 0.1) is 26.7 Å². The Balaban J connectivity index is 1.50. The highest BCUT2D eigenvalue weighted by atomic mass is 35.5. The highest BCUT2D eigenvalue weighted by Crippen LogP contribution is 2.32. The van der Waals surface area contributed by atoms with E-state index in [1.165, 1.54) is 16.4 Å². The zero-order valence-electron chi connectivity index (χ0n) is 19.7. The molecule has 3 heterocycles. The maximum atomic E-state index is 13.1. The van der Waals surface area contributed by atoms with Crippen LogP contribution in [-0.2, 0) is 21.4 Å². The first-order valence-corrected chi connectivity index (χ1v) is 13.5. The second-order valence-corrected chi connectivity index (χ2v) is 11.2. The summed E-state index contributed by atoms with van der Waals surface area (Å²) in [6, 6.07) is 13.7. The van der Waals surface area contributed by atoms with Gasteiger partial charge in [0.25, 0.3) is 0 Å². The number of halogens is 2. The molecule has 36 heavy (non-hydrogen) atoms. The third-order valence-corrected chi connectivity index (χ3v) is 8.56. The zero-order valence-corrected chi connectivity index (χ0v) is 22.1. The summed E-state index contributed by atoms with van der Waals surface area (Å²) >= 11 is 12.4. The number of aromatic nitrogens is 4. The molecule has 0 N–H and O–H groups in total. The number of hydrogen-bond acceptors (Lipinski definition) is 7. The van der Waals surface area contributed by atoms with Crippen molar-refractivity contribution >= 4 is 50.1 Å². The largest absolute Gasteiger partial charge is 0.377 e. The van der Waals surface area contributed by atoms with Gasteiger partial charge in [-0.15, -0.1) is 0 Å². The molecule has 0 saturated carbocycles. The van der Waals surface area contributed by atoms with Gasteiger partial charge in [-0.2, -0.15) is 9.40 Å². The lowest BCUT2D eigenvalue weighted by Gasteiger charge is -2.35. The third-order valence-electron chi connectivity index (χ3n) is 6.07. The van der Waals surface area contributed by atoms with E-state index < -0.39 is 10.0 Å². The Morgan fingerprint density at radius 1 is 0.972 bits per heavy atom. The molecule has 0 spiro atoms. The van der Waals surface area contributed by atoms with Gasteiger partial charge in [0.1, 0.15) is 12.4 Å². The number of rotatable bonds is 6. The van der Waals surface area contributed by atoms with Crippen LogP contribution < -0.4 is 4.90 Å². The highest BCUT2D eigenvalue weighted by molar-refractivity contribution is 7.89. The summed E-state index contributed by atoms with van der Waals surface area (Å²) in [6.07, 6.45) is 0. The molecule has 4 aromatic rings. The molecule has 1 saturated heterocycles. The Morgan fingerprint density at radius 2 is 1.67 bits per heavy atom. The maximum Gasteiger partial charge on any atom is 0.243 e. The van der Waals surface area contributed by atoms with Gasteiger partial charge in [0.15, 0.2) is 11.5 Å². The first-order chi connectivity index (χ1) is 17.3. The first kappa shape index (κ1) is 24.9. The Labute approximate surface area is 219 Å². The Kier molecular flexibility index (Phi) is 6.88. The Morgan fingerprint density at radius 3 is 2.33 bits per heavy atom. The number of aryl methyl sites for hydroxylation is 1. The van der Waals surface area contributed by atoms with E-state index in [1.54, 1.807) is 30.0 Å². The number of anilines is 1. The summed E-state index contributed by atoms with van der Waals surface area (Å²) < 4.78 is 34.8. The van der Waals surface area contributed by atoms with Crippen molar-refractivity contribution in [3.05, 3.63) is 70.1 Å². The summed E-state index contributed by atoms with van der Waals surface area (Å²) in [5, 5.41) is 6.56. The van der Waals surface area contributed by atoms with E-state index in [2.05, 4.69) is 4.90 Å². The normalized spacial score (nSPS) is 15.1. The monoisotopic (exact) mass is 546 g/mol. The number of fused-ring (bicyclic) bond motifs is 1. The minimum absolute atomic E-state index is 0.223. The van der Waals surface area contributed by atoms with Gasteiger partial charge in [-0.3, -0.25) is 0 Å². The van der Waals surface area contributed by atoms with E-state index in [9.17, 15) is 8.42 Å². The van der Waals surface area contributed by atoms with Crippen molar-refractivity contribution in [2.45, 2.75) is 18.4 Å². The van der Waals surface area contributed by atoms with Crippen molar-refractivity contribution < 1.29 is 13.2 Å². The minimum atomic E-state index is -3.62. The molecule has 5 rings (SSSR count). The fraction of sp³-hybridized carbons (Fsp3) is 0.292. The van der Waals surface area contributed by atoms with Crippen LogP contribution in [0.5, 0.6) is 0 Å². The van der Waals surface area contributed by atoms with Crippen molar-refractivity contribution in [3.63, 3.8) is 0 Å². The van der Waals surface area contributed by atoms with Crippen LogP contribution in [0.4, 0.5) is 5.82 Å². The summed E-state index contributed by atoms with van der Waals surface area (Å²) in [6.45, 7) is 3.67. The fourth-order valence-corrected chi connectivity index (χ4v) is 6.08. The lowest BCUT2D eigenvalue weighted by molar-refractivity contribution is 0.178. The van der Waals surface area contributed by atoms with Crippen LogP contribution in [0.3, 0.4) is 0 Å². The molecule has 1 aliphatic heterocycles. The molecular formula is C24H24Cl2N6O3S. The van der Waals surface area contributed by atoms with Gasteiger partial charge in [-0.05, 0) is 43.3 Å². The van der Waals surface area contributed by atoms with E-state index in [4.69, 9.17) is 43.0 Å². The van der Waals surface area contributed by atoms with E-state index >= 15 is 0 Å². The number of piperazine rings is 1. The number of benzene rings is 2. The van der Waals surface area contributed by atoms with E-state index in [1.807, 2.05) is 25.1 Å². The fourth-order valence-electron chi connectivity index (χ4n) is 4.32. The van der Waals surface area contributed by atoms with Crippen molar-refractivity contribution in [1.29, 1.82) is 0 Å². The van der Waals surface area contributed by atoms with Crippen LogP contribution >= 0.6 is 23.2 Å². The standard InChI is InChI=1S/C24H24Cl2N6O3S/c1-16-22-23(30-11-13-31(14-12-30)36(33,34)18-9-7-17(25)8-10-18)27-21(15-35-2)28-24(22)32(29-16)20-6-4-3-5-19(20)26/h3-10H,11-15H2,1-2H3. The zero-order chi connectivity index (χ0) is 25.4. The molecule has 1 aliphatic rings. The van der Waals surface area contributed by atoms with E-state index in [-0.39, 0.29) is 11.5 Å². The van der Waals surface area contributed by atoms with Gasteiger partial charge in [-0.1, -0.05) is 35.3 Å². The minimum Gasteiger partial charge on any atom is -0.377 e. The van der Waals surface area contributed by atoms with Gasteiger partial charge < -0.3 is 9.64 Å². The lowest BCUT2D eigenvalue weighted by Crippen LogP contribution is -2.49. The van der Waals surface area contributed by atoms with Gasteiger partial charge in [-0.25, -0.2) is 23.1 Å². The SMILES string of the molecule is COCc1nc(N2CCN(S(=O)(=O)c3ccc(Cl)cc3)CC2)c2c(C)nn(-c3ccccc3Cl)c2n1. The van der Waals surface area contributed by atoms with Crippen LogP contribution in [0.25, 0.3) is 16.7 Å². The summed E-state index contributed by atoms with van der Waals surface area (Å²) in [5.41, 5.74) is 2.08. The predicted molar refractivity (Wildman–Crippen MR) is 140 cm³/mol. The predicted octanol–water partition coefficient (Wildman–Crippen LogP) is 4.09. The molecule has 0 unspecified atom stereocenters. The highest BCUT2D eigenvalue weighted by Gasteiger charge is 2.31. The van der Waals surface area contributed by atoms with Crippen LogP contribution in [0.15, 0.2) is 53.4 Å². The number of methoxy groups -OCH3 is 1. The molecule has 0 bridgehead atoms. The van der Waals surface area contributed by atoms with Crippen LogP contribution in [0.2, 0.25) is 10.0 Å².